The van der Waals surface area contributed by atoms with E-state index in [4.69, 9.17) is 4.74 Å². The van der Waals surface area contributed by atoms with Crippen molar-refractivity contribution in [3.05, 3.63) is 59.7 Å². The predicted molar refractivity (Wildman–Crippen MR) is 133 cm³/mol. The monoisotopic (exact) mass is 487 g/mol. The molecule has 8 heteroatoms. The Bertz CT molecular complexity index is 1100. The Morgan fingerprint density at radius 1 is 1.06 bits per heavy atom. The van der Waals surface area contributed by atoms with Crippen LogP contribution in [0.1, 0.15) is 23.6 Å². The van der Waals surface area contributed by atoms with Gasteiger partial charge in [0.2, 0.25) is 5.91 Å². The summed E-state index contributed by atoms with van der Waals surface area (Å²) in [6.45, 7) is 6.82. The summed E-state index contributed by atoms with van der Waals surface area (Å²) < 4.78 is 29.0. The molecule has 2 unspecified atom stereocenters. The fourth-order valence-electron chi connectivity index (χ4n) is 4.24. The Balaban J connectivity index is 1.87. The van der Waals surface area contributed by atoms with Gasteiger partial charge in [-0.1, -0.05) is 61.2 Å². The lowest BCUT2D eigenvalue weighted by molar-refractivity contribution is -0.140. The van der Waals surface area contributed by atoms with Crippen molar-refractivity contribution in [3.63, 3.8) is 0 Å². The fraction of sp³-hybridized carbons (Fsp3) is 0.440. The number of ketones is 1. The molecule has 6 nitrogen and oxygen atoms in total. The molecule has 0 radical (unpaired) electrons. The van der Waals surface area contributed by atoms with Gasteiger partial charge in [-0.3, -0.25) is 9.59 Å². The number of Topliss-reactive ketones (excluding diaryl/α,β-unsaturated/α-hetero) is 1. The second kappa shape index (κ2) is 9.81. The smallest absolute Gasteiger partial charge is 0.227 e. The predicted octanol–water partition coefficient (Wildman–Crippen LogP) is 2.99. The molecular weight excluding hydrogens is 454 g/mol. The van der Waals surface area contributed by atoms with Crippen LogP contribution in [0.15, 0.2) is 48.5 Å². The second-order valence-corrected chi connectivity index (χ2v) is 17.1. The lowest BCUT2D eigenvalue weighted by Crippen LogP contribution is -2.40. The number of benzene rings is 2. The lowest BCUT2D eigenvalue weighted by Gasteiger charge is -2.30. The molecule has 1 heterocycles. The van der Waals surface area contributed by atoms with E-state index in [1.54, 1.807) is 38.4 Å². The molecular formula is C25H33NO5SSi. The Morgan fingerprint density at radius 3 is 2.15 bits per heavy atom. The highest BCUT2D eigenvalue weighted by Gasteiger charge is 2.38. The Morgan fingerprint density at radius 2 is 1.67 bits per heavy atom. The largest absolute Gasteiger partial charge is 0.497 e. The van der Waals surface area contributed by atoms with Gasteiger partial charge in [0.1, 0.15) is 11.8 Å². The minimum Gasteiger partial charge on any atom is -0.497 e. The van der Waals surface area contributed by atoms with Crippen molar-refractivity contribution >= 4 is 34.8 Å². The summed E-state index contributed by atoms with van der Waals surface area (Å²) >= 11 is 0. The number of likely N-dealkylation sites (N-methyl/N-ethyl adjacent to an activating group) is 1. The number of sulfone groups is 1. The van der Waals surface area contributed by atoms with E-state index in [0.717, 1.165) is 5.56 Å². The van der Waals surface area contributed by atoms with Crippen LogP contribution in [-0.2, 0) is 25.8 Å². The molecule has 2 atom stereocenters. The van der Waals surface area contributed by atoms with Crippen LogP contribution in [0.2, 0.25) is 19.6 Å². The number of ether oxygens (including phenoxy) is 1. The second-order valence-electron chi connectivity index (χ2n) is 9.81. The van der Waals surface area contributed by atoms with E-state index in [-0.39, 0.29) is 29.6 Å². The zero-order valence-electron chi connectivity index (χ0n) is 20.0. The minimum absolute atomic E-state index is 0.0157. The van der Waals surface area contributed by atoms with Gasteiger partial charge in [0.25, 0.3) is 0 Å². The number of rotatable bonds is 8. The summed E-state index contributed by atoms with van der Waals surface area (Å²) in [5, 5.41) is 1.32. The summed E-state index contributed by atoms with van der Waals surface area (Å²) in [7, 11) is -1.48. The highest BCUT2D eigenvalue weighted by molar-refractivity contribution is 7.91. The molecule has 1 aliphatic heterocycles. The summed E-state index contributed by atoms with van der Waals surface area (Å²) in [5.41, 5.74) is 1.57. The van der Waals surface area contributed by atoms with Gasteiger partial charge in [0, 0.05) is 13.5 Å². The van der Waals surface area contributed by atoms with Gasteiger partial charge in [-0.15, -0.1) is 0 Å². The number of hydrogen-bond acceptors (Lipinski definition) is 5. The molecule has 33 heavy (non-hydrogen) atoms. The molecule has 1 saturated heterocycles. The third-order valence-electron chi connectivity index (χ3n) is 6.25. The normalized spacial score (nSPS) is 18.5. The van der Waals surface area contributed by atoms with Gasteiger partial charge in [-0.25, -0.2) is 8.42 Å². The molecule has 0 aliphatic carbocycles. The van der Waals surface area contributed by atoms with Gasteiger partial charge >= 0.3 is 0 Å². The van der Waals surface area contributed by atoms with Gasteiger partial charge in [-0.05, 0) is 29.7 Å². The molecule has 3 rings (SSSR count). The Hall–Kier alpha value is -2.45. The molecule has 2 aromatic rings. The van der Waals surface area contributed by atoms with E-state index in [9.17, 15) is 18.0 Å². The SMILES string of the molecule is COc1ccc(C(C(=O)Cc2ccc([Si](C)(C)C)cc2)N(C)C(=O)C2CCS(=O)(=O)C2)cc1. The van der Waals surface area contributed by atoms with Crippen LogP contribution in [0.3, 0.4) is 0 Å². The first kappa shape index (κ1) is 25.2. The van der Waals surface area contributed by atoms with Crippen LogP contribution in [0, 0.1) is 5.92 Å². The van der Waals surface area contributed by atoms with Gasteiger partial charge in [-0.2, -0.15) is 0 Å². The molecule has 0 spiro atoms. The van der Waals surface area contributed by atoms with Crippen LogP contribution in [0.5, 0.6) is 5.75 Å². The van der Waals surface area contributed by atoms with Crippen LogP contribution in [0.4, 0.5) is 0 Å². The molecule has 0 N–H and O–H groups in total. The molecule has 0 saturated carbocycles. The van der Waals surface area contributed by atoms with Crippen molar-refractivity contribution in [2.45, 2.75) is 38.5 Å². The van der Waals surface area contributed by atoms with Crippen LogP contribution in [0.25, 0.3) is 0 Å². The summed E-state index contributed by atoms with van der Waals surface area (Å²) in [6, 6.07) is 14.4. The summed E-state index contributed by atoms with van der Waals surface area (Å²) in [6.07, 6.45) is 0.483. The number of methoxy groups -OCH3 is 1. The van der Waals surface area contributed by atoms with Crippen molar-refractivity contribution < 1.29 is 22.7 Å². The van der Waals surface area contributed by atoms with Crippen molar-refractivity contribution in [1.82, 2.24) is 4.90 Å². The molecule has 2 aromatic carbocycles. The average molecular weight is 488 g/mol. The first-order valence-corrected chi connectivity index (χ1v) is 16.5. The highest BCUT2D eigenvalue weighted by atomic mass is 32.2. The van der Waals surface area contributed by atoms with E-state index in [1.807, 2.05) is 12.1 Å². The zero-order chi connectivity index (χ0) is 24.4. The van der Waals surface area contributed by atoms with Crippen molar-refractivity contribution in [2.75, 3.05) is 25.7 Å². The first-order chi connectivity index (χ1) is 15.4. The topological polar surface area (TPSA) is 80.8 Å². The Kier molecular flexibility index (Phi) is 7.48. The molecule has 1 fully saturated rings. The number of amides is 1. The maximum Gasteiger partial charge on any atom is 0.227 e. The van der Waals surface area contributed by atoms with Crippen molar-refractivity contribution in [1.29, 1.82) is 0 Å². The van der Waals surface area contributed by atoms with Gasteiger partial charge in [0.15, 0.2) is 15.6 Å². The fourth-order valence-corrected chi connectivity index (χ4v) is 7.14. The van der Waals surface area contributed by atoms with Gasteiger partial charge < -0.3 is 9.64 Å². The molecule has 0 aromatic heterocycles. The molecule has 178 valence electrons. The third kappa shape index (κ3) is 6.12. The van der Waals surface area contributed by atoms with E-state index in [1.165, 1.54) is 10.1 Å². The van der Waals surface area contributed by atoms with Gasteiger partial charge in [0.05, 0.1) is 32.6 Å². The standard InChI is InChI=1S/C25H33NO5SSi/c1-26(25(28)20-14-15-32(29,30)17-20)24(19-8-10-21(31-2)11-9-19)23(27)16-18-6-12-22(13-7-18)33(3,4)5/h6-13,20,24H,14-17H2,1-5H3. The van der Waals surface area contributed by atoms with E-state index < -0.39 is 29.9 Å². The van der Waals surface area contributed by atoms with E-state index in [2.05, 4.69) is 31.8 Å². The third-order valence-corrected chi connectivity index (χ3v) is 10.1. The summed E-state index contributed by atoms with van der Waals surface area (Å²) in [4.78, 5) is 28.1. The number of nitrogens with zero attached hydrogens (tertiary/aromatic N) is 1. The van der Waals surface area contributed by atoms with E-state index >= 15 is 0 Å². The maximum absolute atomic E-state index is 13.5. The van der Waals surface area contributed by atoms with Crippen molar-refractivity contribution in [3.8, 4) is 5.75 Å². The number of carbonyl (C=O) groups is 2. The average Bonchev–Trinajstić information content (AvgIpc) is 3.13. The lowest BCUT2D eigenvalue weighted by atomic mass is 9.95. The Labute approximate surface area is 197 Å². The van der Waals surface area contributed by atoms with E-state index in [0.29, 0.717) is 17.7 Å². The number of carbonyl (C=O) groups excluding carboxylic acids is 2. The molecule has 0 bridgehead atoms. The summed E-state index contributed by atoms with van der Waals surface area (Å²) in [5.74, 6) is -0.510. The van der Waals surface area contributed by atoms with Crippen LogP contribution in [-0.4, -0.2) is 58.7 Å². The maximum atomic E-state index is 13.5. The highest BCUT2D eigenvalue weighted by Crippen LogP contribution is 2.29. The van der Waals surface area contributed by atoms with Crippen LogP contribution >= 0.6 is 0 Å². The quantitative estimate of drug-likeness (QED) is 0.535. The van der Waals surface area contributed by atoms with Crippen LogP contribution < -0.4 is 9.92 Å². The minimum atomic E-state index is -3.20. The first-order valence-electron chi connectivity index (χ1n) is 11.1. The van der Waals surface area contributed by atoms with Crippen molar-refractivity contribution in [2.24, 2.45) is 5.92 Å². The zero-order valence-corrected chi connectivity index (χ0v) is 21.8. The molecule has 1 aliphatic rings. The molecule has 1 amide bonds. The number of hydrogen-bond donors (Lipinski definition) is 0.